The molecule has 3 rings (SSSR count). The van der Waals surface area contributed by atoms with E-state index in [0.717, 1.165) is 16.8 Å². The van der Waals surface area contributed by atoms with E-state index < -0.39 is 0 Å². The van der Waals surface area contributed by atoms with Gasteiger partial charge in [-0.15, -0.1) is 0 Å². The molecular weight excluding hydrogens is 426 g/mol. The Hall–Kier alpha value is -2.86. The van der Waals surface area contributed by atoms with Crippen molar-refractivity contribution in [1.82, 2.24) is 9.91 Å². The molecule has 170 valence electrons. The molecule has 2 aromatic carbocycles. The van der Waals surface area contributed by atoms with Gasteiger partial charge in [-0.05, 0) is 17.5 Å². The summed E-state index contributed by atoms with van der Waals surface area (Å²) in [6, 6.07) is 14.7. The van der Waals surface area contributed by atoms with Crippen LogP contribution in [0.4, 0.5) is 0 Å². The van der Waals surface area contributed by atoms with E-state index in [-0.39, 0.29) is 29.8 Å². The topological polar surface area (TPSA) is 62.2 Å². The Morgan fingerprint density at radius 2 is 1.81 bits per heavy atom. The molecule has 0 bridgehead atoms. The van der Waals surface area contributed by atoms with Gasteiger partial charge in [-0.25, -0.2) is 5.01 Å². The normalized spacial score (nSPS) is 16.0. The number of halogens is 1. The Balaban J connectivity index is 1.91. The third kappa shape index (κ3) is 5.49. The summed E-state index contributed by atoms with van der Waals surface area (Å²) in [6.45, 7) is 5.94. The van der Waals surface area contributed by atoms with Crippen molar-refractivity contribution in [1.29, 1.82) is 0 Å². The number of likely N-dealkylation sites (N-methyl/N-ethyl adjacent to an activating group) is 1. The second kappa shape index (κ2) is 9.74. The minimum absolute atomic E-state index is 0.0557. The number of para-hydroxylation sites is 1. The van der Waals surface area contributed by atoms with E-state index in [1.807, 2.05) is 63.2 Å². The van der Waals surface area contributed by atoms with Crippen LogP contribution in [0.1, 0.15) is 50.8 Å². The van der Waals surface area contributed by atoms with Gasteiger partial charge >= 0.3 is 0 Å². The Labute approximate surface area is 194 Å². The third-order valence-electron chi connectivity index (χ3n) is 5.33. The standard InChI is InChI=1S/C25H30ClN3O3/c1-25(2,3)15-23(30)28(4)16-24(31)29-21(18-11-7-9-13-22(18)32-5)14-20(27-29)17-10-6-8-12-19(17)26/h6-13,21H,14-16H2,1-5H3. The number of carbonyl (C=O) groups is 2. The zero-order valence-corrected chi connectivity index (χ0v) is 20.0. The van der Waals surface area contributed by atoms with Crippen LogP contribution in [-0.2, 0) is 9.59 Å². The van der Waals surface area contributed by atoms with E-state index in [2.05, 4.69) is 5.10 Å². The minimum Gasteiger partial charge on any atom is -0.496 e. The van der Waals surface area contributed by atoms with Crippen molar-refractivity contribution in [3.8, 4) is 5.75 Å². The summed E-state index contributed by atoms with van der Waals surface area (Å²) in [5, 5.41) is 6.71. The maximum absolute atomic E-state index is 13.3. The molecule has 1 atom stereocenters. The number of carbonyl (C=O) groups excluding carboxylic acids is 2. The van der Waals surface area contributed by atoms with Crippen LogP contribution in [0, 0.1) is 5.41 Å². The summed E-state index contributed by atoms with van der Waals surface area (Å²) in [5.41, 5.74) is 2.22. The second-order valence-electron chi connectivity index (χ2n) is 9.21. The zero-order valence-electron chi connectivity index (χ0n) is 19.3. The molecule has 2 amide bonds. The molecule has 0 saturated carbocycles. The van der Waals surface area contributed by atoms with Gasteiger partial charge in [-0.2, -0.15) is 5.10 Å². The summed E-state index contributed by atoms with van der Waals surface area (Å²) in [5.74, 6) is 0.352. The van der Waals surface area contributed by atoms with E-state index >= 15 is 0 Å². The first-order valence-electron chi connectivity index (χ1n) is 10.6. The molecule has 0 radical (unpaired) electrons. The quantitative estimate of drug-likeness (QED) is 0.621. The van der Waals surface area contributed by atoms with Crippen molar-refractivity contribution in [2.24, 2.45) is 10.5 Å². The van der Waals surface area contributed by atoms with Crippen LogP contribution in [0.5, 0.6) is 5.75 Å². The van der Waals surface area contributed by atoms with Crippen LogP contribution in [-0.4, -0.2) is 48.1 Å². The van der Waals surface area contributed by atoms with Gasteiger partial charge in [0, 0.05) is 36.0 Å². The molecule has 0 N–H and O–H groups in total. The molecule has 1 aliphatic rings. The minimum atomic E-state index is -0.351. The van der Waals surface area contributed by atoms with E-state index in [9.17, 15) is 9.59 Å². The molecular formula is C25H30ClN3O3. The van der Waals surface area contributed by atoms with Gasteiger partial charge in [0.1, 0.15) is 12.3 Å². The van der Waals surface area contributed by atoms with E-state index in [0.29, 0.717) is 23.6 Å². The Bertz CT molecular complexity index is 1030. The van der Waals surface area contributed by atoms with Gasteiger partial charge in [0.05, 0.1) is 18.9 Å². The summed E-state index contributed by atoms with van der Waals surface area (Å²) in [4.78, 5) is 27.4. The average Bonchev–Trinajstić information content (AvgIpc) is 3.18. The van der Waals surface area contributed by atoms with E-state index in [4.69, 9.17) is 16.3 Å². The highest BCUT2D eigenvalue weighted by molar-refractivity contribution is 6.34. The van der Waals surface area contributed by atoms with E-state index in [1.165, 1.54) is 9.91 Å². The third-order valence-corrected chi connectivity index (χ3v) is 5.66. The lowest BCUT2D eigenvalue weighted by atomic mass is 9.92. The zero-order chi connectivity index (χ0) is 23.5. The van der Waals surface area contributed by atoms with Crippen LogP contribution in [0.25, 0.3) is 0 Å². The molecule has 1 heterocycles. The fourth-order valence-electron chi connectivity index (χ4n) is 3.73. The van der Waals surface area contributed by atoms with Crippen molar-refractivity contribution in [2.75, 3.05) is 20.7 Å². The molecule has 7 heteroatoms. The number of amides is 2. The molecule has 1 unspecified atom stereocenters. The lowest BCUT2D eigenvalue weighted by Gasteiger charge is -2.27. The molecule has 6 nitrogen and oxygen atoms in total. The molecule has 0 aromatic heterocycles. The van der Waals surface area contributed by atoms with Crippen LogP contribution in [0.2, 0.25) is 5.02 Å². The number of hydrazone groups is 1. The maximum Gasteiger partial charge on any atom is 0.262 e. The summed E-state index contributed by atoms with van der Waals surface area (Å²) in [7, 11) is 3.26. The predicted octanol–water partition coefficient (Wildman–Crippen LogP) is 4.92. The number of hydrogen-bond donors (Lipinski definition) is 0. The Kier molecular flexibility index (Phi) is 7.24. The van der Waals surface area contributed by atoms with Crippen LogP contribution < -0.4 is 4.74 Å². The van der Waals surface area contributed by atoms with Gasteiger partial charge < -0.3 is 9.64 Å². The van der Waals surface area contributed by atoms with Gasteiger partial charge in [0.15, 0.2) is 0 Å². The lowest BCUT2D eigenvalue weighted by Crippen LogP contribution is -2.40. The van der Waals surface area contributed by atoms with Crippen molar-refractivity contribution < 1.29 is 14.3 Å². The lowest BCUT2D eigenvalue weighted by molar-refractivity contribution is -0.141. The average molecular weight is 456 g/mol. The van der Waals surface area contributed by atoms with Gasteiger partial charge in [0.25, 0.3) is 5.91 Å². The molecule has 2 aromatic rings. The maximum atomic E-state index is 13.3. The molecule has 0 spiro atoms. The van der Waals surface area contributed by atoms with E-state index in [1.54, 1.807) is 20.2 Å². The van der Waals surface area contributed by atoms with Crippen molar-refractivity contribution >= 4 is 29.1 Å². The highest BCUT2D eigenvalue weighted by Gasteiger charge is 2.36. The molecule has 0 fully saturated rings. The number of ether oxygens (including phenoxy) is 1. The fraction of sp³-hybridized carbons (Fsp3) is 0.400. The molecule has 0 saturated heterocycles. The number of hydrogen-bond acceptors (Lipinski definition) is 4. The fourth-order valence-corrected chi connectivity index (χ4v) is 3.98. The predicted molar refractivity (Wildman–Crippen MR) is 127 cm³/mol. The molecule has 0 aliphatic carbocycles. The monoisotopic (exact) mass is 455 g/mol. The van der Waals surface area contributed by atoms with Crippen molar-refractivity contribution in [3.63, 3.8) is 0 Å². The number of rotatable bonds is 6. The summed E-state index contributed by atoms with van der Waals surface area (Å²) >= 11 is 6.41. The molecule has 32 heavy (non-hydrogen) atoms. The summed E-state index contributed by atoms with van der Waals surface area (Å²) < 4.78 is 5.55. The SMILES string of the molecule is COc1ccccc1C1CC(c2ccccc2Cl)=NN1C(=O)CN(C)C(=O)CC(C)(C)C. The van der Waals surface area contributed by atoms with Crippen molar-refractivity contribution in [2.45, 2.75) is 39.7 Å². The first kappa shape index (κ1) is 23.8. The summed E-state index contributed by atoms with van der Waals surface area (Å²) in [6.07, 6.45) is 0.857. The van der Waals surface area contributed by atoms with Crippen LogP contribution in [0.3, 0.4) is 0 Å². The van der Waals surface area contributed by atoms with Gasteiger partial charge in [-0.1, -0.05) is 68.8 Å². The molecule has 1 aliphatic heterocycles. The smallest absolute Gasteiger partial charge is 0.262 e. The van der Waals surface area contributed by atoms with Crippen LogP contribution >= 0.6 is 11.6 Å². The first-order chi connectivity index (χ1) is 15.1. The highest BCUT2D eigenvalue weighted by Crippen LogP contribution is 2.38. The number of nitrogens with zero attached hydrogens (tertiary/aromatic N) is 3. The number of benzene rings is 2. The first-order valence-corrected chi connectivity index (χ1v) is 11.0. The van der Waals surface area contributed by atoms with Gasteiger partial charge in [0.2, 0.25) is 5.91 Å². The number of methoxy groups -OCH3 is 1. The van der Waals surface area contributed by atoms with Crippen molar-refractivity contribution in [3.05, 3.63) is 64.7 Å². The van der Waals surface area contributed by atoms with Gasteiger partial charge in [-0.3, -0.25) is 9.59 Å². The van der Waals surface area contributed by atoms with Crippen LogP contribution in [0.15, 0.2) is 53.6 Å². The largest absolute Gasteiger partial charge is 0.496 e. The second-order valence-corrected chi connectivity index (χ2v) is 9.62. The Morgan fingerprint density at radius 3 is 2.47 bits per heavy atom. The Morgan fingerprint density at radius 1 is 1.16 bits per heavy atom. The highest BCUT2D eigenvalue weighted by atomic mass is 35.5.